The summed E-state index contributed by atoms with van der Waals surface area (Å²) in [4.78, 5) is 40.7. The molecule has 0 N–H and O–H groups in total. The van der Waals surface area contributed by atoms with Crippen molar-refractivity contribution in [2.45, 2.75) is 6.42 Å². The lowest BCUT2D eigenvalue weighted by molar-refractivity contribution is 0.0979. The second-order valence-electron chi connectivity index (χ2n) is 8.57. The molecule has 0 unspecified atom stereocenters. The number of carbonyl (C=O) groups is 3. The molecule has 2 aliphatic rings. The van der Waals surface area contributed by atoms with Crippen molar-refractivity contribution in [2.75, 3.05) is 0 Å². The minimum absolute atomic E-state index is 0.0641. The van der Waals surface area contributed by atoms with Crippen LogP contribution in [0, 0.1) is 0 Å². The molecule has 166 valence electrons. The largest absolute Gasteiger partial charge is 0.294 e. The molecule has 0 atom stereocenters. The van der Waals surface area contributed by atoms with Gasteiger partial charge in [-0.3, -0.25) is 19.4 Å². The van der Waals surface area contributed by atoms with E-state index in [9.17, 15) is 14.4 Å². The van der Waals surface area contributed by atoms with Gasteiger partial charge in [-0.25, -0.2) is 0 Å². The molecule has 0 amide bonds. The Bertz CT molecular complexity index is 1620. The van der Waals surface area contributed by atoms with E-state index in [1.165, 1.54) is 5.39 Å². The van der Waals surface area contributed by atoms with Gasteiger partial charge in [0.05, 0.1) is 11.3 Å². The number of benzene rings is 5. The maximum atomic E-state index is 12.1. The zero-order chi connectivity index (χ0) is 23.9. The van der Waals surface area contributed by atoms with Crippen molar-refractivity contribution >= 4 is 50.8 Å². The molecule has 7 rings (SSSR count). The van der Waals surface area contributed by atoms with E-state index in [1.54, 1.807) is 54.7 Å². The monoisotopic (exact) mass is 453 g/mol. The second-order valence-corrected chi connectivity index (χ2v) is 8.57. The van der Waals surface area contributed by atoms with Crippen LogP contribution in [0.1, 0.15) is 48.6 Å². The van der Waals surface area contributed by atoms with E-state index in [0.29, 0.717) is 28.7 Å². The van der Waals surface area contributed by atoms with Crippen molar-refractivity contribution in [3.05, 3.63) is 125 Å². The molecular formula is C31H19NO3. The number of Topliss-reactive ketones (excluding diaryl/α,β-unsaturated/α-hetero) is 1. The third-order valence-corrected chi connectivity index (χ3v) is 6.48. The topological polar surface area (TPSA) is 63.6 Å². The summed E-state index contributed by atoms with van der Waals surface area (Å²) in [6.45, 7) is 0. The number of rotatable bonds is 0. The van der Waals surface area contributed by atoms with Crippen LogP contribution < -0.4 is 0 Å². The van der Waals surface area contributed by atoms with Gasteiger partial charge in [-0.15, -0.1) is 0 Å². The van der Waals surface area contributed by atoms with Gasteiger partial charge >= 0.3 is 0 Å². The molecule has 4 heteroatoms. The van der Waals surface area contributed by atoms with Crippen molar-refractivity contribution in [1.82, 2.24) is 0 Å². The Kier molecular flexibility index (Phi) is 4.93. The Balaban J connectivity index is 0.000000133. The van der Waals surface area contributed by atoms with Gasteiger partial charge in [0, 0.05) is 34.9 Å². The molecular weight excluding hydrogens is 434 g/mol. The van der Waals surface area contributed by atoms with Crippen LogP contribution >= 0.6 is 0 Å². The van der Waals surface area contributed by atoms with Crippen LogP contribution in [0.4, 0.5) is 5.69 Å². The number of hydrogen-bond donors (Lipinski definition) is 0. The minimum Gasteiger partial charge on any atom is -0.294 e. The lowest BCUT2D eigenvalue weighted by Gasteiger charge is -2.16. The van der Waals surface area contributed by atoms with Crippen LogP contribution in [-0.2, 0) is 0 Å². The van der Waals surface area contributed by atoms with Gasteiger partial charge in [-0.05, 0) is 39.7 Å². The number of nitrogens with zero attached hydrogens (tertiary/aromatic N) is 1. The summed E-state index contributed by atoms with van der Waals surface area (Å²) in [6.07, 6.45) is 2.09. The first-order valence-electron chi connectivity index (χ1n) is 11.4. The number of ketones is 3. The van der Waals surface area contributed by atoms with E-state index in [4.69, 9.17) is 0 Å². The van der Waals surface area contributed by atoms with Crippen LogP contribution in [-0.4, -0.2) is 23.6 Å². The highest BCUT2D eigenvalue weighted by atomic mass is 16.1. The van der Waals surface area contributed by atoms with Gasteiger partial charge in [-0.1, -0.05) is 78.9 Å². The predicted molar refractivity (Wildman–Crippen MR) is 138 cm³/mol. The van der Waals surface area contributed by atoms with E-state index >= 15 is 0 Å². The van der Waals surface area contributed by atoms with E-state index in [0.717, 1.165) is 27.4 Å². The van der Waals surface area contributed by atoms with Gasteiger partial charge in [0.1, 0.15) is 0 Å². The number of carbonyl (C=O) groups excluding carboxylic acids is 3. The minimum atomic E-state index is -0.0641. The smallest absolute Gasteiger partial charge is 0.194 e. The standard InChI is InChI=1S/C17H11NO.C14H8O2/c19-16-7-8-18-15-6-5-13-9-11-3-1-2-4-12(11)10-14(13)17(15)16;15-13-9-5-1-2-6-10(9)14(16)12-8-4-3-7-11(12)13/h1-6,8-10H,7H2;1-8H. The maximum absolute atomic E-state index is 12.1. The number of hydrogen-bond acceptors (Lipinski definition) is 4. The highest BCUT2D eigenvalue weighted by molar-refractivity contribution is 6.28. The van der Waals surface area contributed by atoms with Crippen molar-refractivity contribution < 1.29 is 14.4 Å². The summed E-state index contributed by atoms with van der Waals surface area (Å²) in [5.74, 6) is 0.0301. The lowest BCUT2D eigenvalue weighted by atomic mass is 9.84. The van der Waals surface area contributed by atoms with Gasteiger partial charge in [0.25, 0.3) is 0 Å². The van der Waals surface area contributed by atoms with Crippen LogP contribution in [0.15, 0.2) is 102 Å². The van der Waals surface area contributed by atoms with Crippen LogP contribution in [0.3, 0.4) is 0 Å². The Morgan fingerprint density at radius 1 is 0.543 bits per heavy atom. The van der Waals surface area contributed by atoms with Crippen LogP contribution in [0.25, 0.3) is 21.5 Å². The van der Waals surface area contributed by atoms with E-state index in [1.807, 2.05) is 24.3 Å². The first kappa shape index (κ1) is 20.9. The van der Waals surface area contributed by atoms with Crippen molar-refractivity contribution in [1.29, 1.82) is 0 Å². The first-order valence-corrected chi connectivity index (χ1v) is 11.4. The molecule has 1 heterocycles. The third kappa shape index (κ3) is 3.47. The normalized spacial score (nSPS) is 13.7. The van der Waals surface area contributed by atoms with E-state index in [-0.39, 0.29) is 17.3 Å². The Labute approximate surface area is 201 Å². The molecule has 0 saturated carbocycles. The molecule has 35 heavy (non-hydrogen) atoms. The van der Waals surface area contributed by atoms with Crippen LogP contribution in [0.2, 0.25) is 0 Å². The lowest BCUT2D eigenvalue weighted by Crippen LogP contribution is -2.20. The molecule has 0 fully saturated rings. The highest BCUT2D eigenvalue weighted by Crippen LogP contribution is 2.34. The zero-order valence-corrected chi connectivity index (χ0v) is 18.7. The summed E-state index contributed by atoms with van der Waals surface area (Å²) in [5.41, 5.74) is 3.58. The van der Waals surface area contributed by atoms with E-state index < -0.39 is 0 Å². The third-order valence-electron chi connectivity index (χ3n) is 6.48. The fraction of sp³-hybridized carbons (Fsp3) is 0.0323. The van der Waals surface area contributed by atoms with E-state index in [2.05, 4.69) is 29.3 Å². The van der Waals surface area contributed by atoms with Crippen molar-refractivity contribution in [3.8, 4) is 0 Å². The molecule has 0 spiro atoms. The van der Waals surface area contributed by atoms with Gasteiger partial charge in [-0.2, -0.15) is 0 Å². The van der Waals surface area contributed by atoms with Gasteiger partial charge in [0.15, 0.2) is 17.3 Å². The molecule has 1 aliphatic heterocycles. The first-order chi connectivity index (χ1) is 17.1. The Hall–Kier alpha value is -4.70. The second kappa shape index (κ2) is 8.26. The molecule has 0 aromatic heterocycles. The fourth-order valence-electron chi connectivity index (χ4n) is 4.78. The Morgan fingerprint density at radius 3 is 1.63 bits per heavy atom. The average molecular weight is 453 g/mol. The summed E-state index contributed by atoms with van der Waals surface area (Å²) < 4.78 is 0. The molecule has 5 aromatic rings. The molecule has 0 saturated heterocycles. The van der Waals surface area contributed by atoms with Crippen molar-refractivity contribution in [2.24, 2.45) is 4.99 Å². The quantitative estimate of drug-likeness (QED) is 0.239. The molecule has 0 radical (unpaired) electrons. The predicted octanol–water partition coefficient (Wildman–Crippen LogP) is 6.74. The summed E-state index contributed by atoms with van der Waals surface area (Å²) in [6, 6.07) is 30.3. The molecule has 0 bridgehead atoms. The highest BCUT2D eigenvalue weighted by Gasteiger charge is 2.28. The van der Waals surface area contributed by atoms with Gasteiger partial charge < -0.3 is 0 Å². The Morgan fingerprint density at radius 2 is 1.06 bits per heavy atom. The molecule has 4 nitrogen and oxygen atoms in total. The number of fused-ring (bicyclic) bond motifs is 6. The average Bonchev–Trinajstić information content (AvgIpc) is 2.91. The van der Waals surface area contributed by atoms with Crippen molar-refractivity contribution in [3.63, 3.8) is 0 Å². The fourth-order valence-corrected chi connectivity index (χ4v) is 4.78. The molecule has 5 aromatic carbocycles. The summed E-state index contributed by atoms with van der Waals surface area (Å²) in [7, 11) is 0. The maximum Gasteiger partial charge on any atom is 0.194 e. The van der Waals surface area contributed by atoms with Gasteiger partial charge in [0.2, 0.25) is 0 Å². The molecule has 1 aliphatic carbocycles. The summed E-state index contributed by atoms with van der Waals surface area (Å²) >= 11 is 0. The van der Waals surface area contributed by atoms with Crippen LogP contribution in [0.5, 0.6) is 0 Å². The number of aliphatic imine (C=N–C) groups is 1. The zero-order valence-electron chi connectivity index (χ0n) is 18.7. The summed E-state index contributed by atoms with van der Waals surface area (Å²) in [5, 5.41) is 4.47. The SMILES string of the molecule is O=C1CC=Nc2ccc3cc4ccccc4cc3c21.O=C1c2ccccc2C(=O)c2ccccc21.